The Hall–Kier alpha value is -1.55. The fourth-order valence-corrected chi connectivity index (χ4v) is 1.85. The molecular weight excluding hydrogens is 214 g/mol. The molecule has 0 aliphatic carbocycles. The highest BCUT2D eigenvalue weighted by atomic mass is 16.1. The lowest BCUT2D eigenvalue weighted by Gasteiger charge is -2.15. The summed E-state index contributed by atoms with van der Waals surface area (Å²) in [4.78, 5) is 16.7. The summed E-state index contributed by atoms with van der Waals surface area (Å²) in [5.41, 5.74) is 2.76. The molecule has 4 nitrogen and oxygen atoms in total. The molecule has 0 aliphatic rings. The Kier molecular flexibility index (Phi) is 3.33. The Balaban J connectivity index is 2.20. The number of fused-ring (bicyclic) bond motifs is 1. The molecule has 0 radical (unpaired) electrons. The van der Waals surface area contributed by atoms with Gasteiger partial charge < -0.3 is 15.3 Å². The average Bonchev–Trinajstić information content (AvgIpc) is 2.64. The van der Waals surface area contributed by atoms with Crippen LogP contribution < -0.4 is 11.0 Å². The zero-order valence-corrected chi connectivity index (χ0v) is 10.5. The van der Waals surface area contributed by atoms with Crippen LogP contribution in [-0.4, -0.2) is 16.5 Å². The van der Waals surface area contributed by atoms with Crippen LogP contribution in [0.25, 0.3) is 11.0 Å². The number of nitrogens with one attached hydrogen (secondary N) is 3. The van der Waals surface area contributed by atoms with E-state index in [2.05, 4.69) is 36.1 Å². The van der Waals surface area contributed by atoms with Gasteiger partial charge >= 0.3 is 5.69 Å². The van der Waals surface area contributed by atoms with Crippen LogP contribution >= 0.6 is 0 Å². The first-order valence-corrected chi connectivity index (χ1v) is 6.01. The Morgan fingerprint density at radius 2 is 1.88 bits per heavy atom. The van der Waals surface area contributed by atoms with E-state index < -0.39 is 0 Å². The van der Waals surface area contributed by atoms with Crippen molar-refractivity contribution in [3.8, 4) is 0 Å². The maximum Gasteiger partial charge on any atom is 0.323 e. The number of aromatic nitrogens is 2. The molecule has 0 spiro atoms. The molecule has 2 aromatic rings. The second-order valence-corrected chi connectivity index (χ2v) is 4.91. The van der Waals surface area contributed by atoms with Gasteiger partial charge in [-0.25, -0.2) is 4.79 Å². The van der Waals surface area contributed by atoms with Crippen LogP contribution in [0.3, 0.4) is 0 Å². The SMILES string of the molecule is CC(C)CNC(C)c1ccc2[nH]c(=O)[nH]c2c1. The highest BCUT2D eigenvalue weighted by Crippen LogP contribution is 2.17. The van der Waals surface area contributed by atoms with Crippen LogP contribution in [0.15, 0.2) is 23.0 Å². The van der Waals surface area contributed by atoms with Crippen molar-refractivity contribution in [2.45, 2.75) is 26.8 Å². The minimum Gasteiger partial charge on any atom is -0.310 e. The first-order chi connectivity index (χ1) is 8.06. The van der Waals surface area contributed by atoms with E-state index in [4.69, 9.17) is 0 Å². The molecule has 4 heteroatoms. The van der Waals surface area contributed by atoms with Gasteiger partial charge in [0.25, 0.3) is 0 Å². The Morgan fingerprint density at radius 1 is 1.18 bits per heavy atom. The molecule has 0 saturated carbocycles. The van der Waals surface area contributed by atoms with Gasteiger partial charge in [0.15, 0.2) is 0 Å². The van der Waals surface area contributed by atoms with Crippen LogP contribution in [-0.2, 0) is 0 Å². The van der Waals surface area contributed by atoms with E-state index in [0.29, 0.717) is 12.0 Å². The van der Waals surface area contributed by atoms with E-state index in [-0.39, 0.29) is 5.69 Å². The smallest absolute Gasteiger partial charge is 0.310 e. The van der Waals surface area contributed by atoms with E-state index in [9.17, 15) is 4.79 Å². The summed E-state index contributed by atoms with van der Waals surface area (Å²) in [7, 11) is 0. The van der Waals surface area contributed by atoms with Gasteiger partial charge in [-0.15, -0.1) is 0 Å². The first kappa shape index (κ1) is 11.9. The third-order valence-corrected chi connectivity index (χ3v) is 2.87. The van der Waals surface area contributed by atoms with E-state index in [1.807, 2.05) is 18.2 Å². The quantitative estimate of drug-likeness (QED) is 0.758. The van der Waals surface area contributed by atoms with E-state index >= 15 is 0 Å². The zero-order chi connectivity index (χ0) is 12.4. The van der Waals surface area contributed by atoms with Crippen LogP contribution in [0.4, 0.5) is 0 Å². The molecule has 0 amide bonds. The molecule has 1 heterocycles. The lowest BCUT2D eigenvalue weighted by Crippen LogP contribution is -2.23. The van der Waals surface area contributed by atoms with Crippen molar-refractivity contribution < 1.29 is 0 Å². The van der Waals surface area contributed by atoms with Crippen molar-refractivity contribution in [3.63, 3.8) is 0 Å². The van der Waals surface area contributed by atoms with Gasteiger partial charge in [-0.3, -0.25) is 0 Å². The number of hydrogen-bond acceptors (Lipinski definition) is 2. The van der Waals surface area contributed by atoms with Crippen LogP contribution in [0, 0.1) is 5.92 Å². The minimum atomic E-state index is -0.153. The van der Waals surface area contributed by atoms with E-state index in [0.717, 1.165) is 17.6 Å². The molecule has 1 aromatic carbocycles. The fraction of sp³-hybridized carbons (Fsp3) is 0.462. The lowest BCUT2D eigenvalue weighted by atomic mass is 10.1. The minimum absolute atomic E-state index is 0.153. The first-order valence-electron chi connectivity index (χ1n) is 6.01. The lowest BCUT2D eigenvalue weighted by molar-refractivity contribution is 0.496. The van der Waals surface area contributed by atoms with Crippen molar-refractivity contribution in [2.24, 2.45) is 5.92 Å². The number of aromatic amines is 2. The molecule has 17 heavy (non-hydrogen) atoms. The van der Waals surface area contributed by atoms with Gasteiger partial charge in [-0.2, -0.15) is 0 Å². The number of benzene rings is 1. The molecule has 1 unspecified atom stereocenters. The van der Waals surface area contributed by atoms with Crippen LogP contribution in [0.5, 0.6) is 0 Å². The summed E-state index contributed by atoms with van der Waals surface area (Å²) in [6.45, 7) is 7.50. The molecule has 0 bridgehead atoms. The zero-order valence-electron chi connectivity index (χ0n) is 10.5. The molecular formula is C13H19N3O. The topological polar surface area (TPSA) is 60.7 Å². The number of rotatable bonds is 4. The molecule has 2 rings (SSSR count). The standard InChI is InChI=1S/C13H19N3O/c1-8(2)7-14-9(3)10-4-5-11-12(6-10)16-13(17)15-11/h4-6,8-9,14H,7H2,1-3H3,(H2,15,16,17). The number of hydrogen-bond donors (Lipinski definition) is 3. The predicted octanol–water partition coefficient (Wildman–Crippen LogP) is 2.16. The summed E-state index contributed by atoms with van der Waals surface area (Å²) >= 11 is 0. The second-order valence-electron chi connectivity index (χ2n) is 4.91. The third kappa shape index (κ3) is 2.77. The fourth-order valence-electron chi connectivity index (χ4n) is 1.85. The number of imidazole rings is 1. The van der Waals surface area contributed by atoms with Crippen molar-refractivity contribution in [2.75, 3.05) is 6.54 Å². The summed E-state index contributed by atoms with van der Waals surface area (Å²) in [6.07, 6.45) is 0. The highest BCUT2D eigenvalue weighted by molar-refractivity contribution is 5.75. The summed E-state index contributed by atoms with van der Waals surface area (Å²) in [5.74, 6) is 0.633. The molecule has 1 aromatic heterocycles. The summed E-state index contributed by atoms with van der Waals surface area (Å²) in [6, 6.07) is 6.30. The monoisotopic (exact) mass is 233 g/mol. The van der Waals surface area contributed by atoms with Gasteiger partial charge in [-0.1, -0.05) is 19.9 Å². The van der Waals surface area contributed by atoms with Gasteiger partial charge in [0.1, 0.15) is 0 Å². The van der Waals surface area contributed by atoms with E-state index in [1.165, 1.54) is 5.56 Å². The Morgan fingerprint density at radius 3 is 2.59 bits per heavy atom. The second kappa shape index (κ2) is 4.75. The van der Waals surface area contributed by atoms with E-state index in [1.54, 1.807) is 0 Å². The summed E-state index contributed by atoms with van der Waals surface area (Å²) < 4.78 is 0. The predicted molar refractivity (Wildman–Crippen MR) is 70.2 cm³/mol. The van der Waals surface area contributed by atoms with Crippen molar-refractivity contribution in [1.29, 1.82) is 0 Å². The number of H-pyrrole nitrogens is 2. The van der Waals surface area contributed by atoms with Crippen LogP contribution in [0.1, 0.15) is 32.4 Å². The molecule has 3 N–H and O–H groups in total. The summed E-state index contributed by atoms with van der Waals surface area (Å²) in [5, 5.41) is 3.47. The van der Waals surface area contributed by atoms with Gasteiger partial charge in [-0.05, 0) is 37.1 Å². The molecule has 0 aliphatic heterocycles. The maximum absolute atomic E-state index is 11.2. The van der Waals surface area contributed by atoms with Crippen molar-refractivity contribution in [1.82, 2.24) is 15.3 Å². The normalized spacial score (nSPS) is 13.4. The Labute approximate surface area is 100 Å². The third-order valence-electron chi connectivity index (χ3n) is 2.87. The highest BCUT2D eigenvalue weighted by Gasteiger charge is 2.07. The molecule has 1 atom stereocenters. The van der Waals surface area contributed by atoms with Crippen molar-refractivity contribution >= 4 is 11.0 Å². The Bertz CT molecular complexity index is 553. The van der Waals surface area contributed by atoms with Crippen LogP contribution in [0.2, 0.25) is 0 Å². The largest absolute Gasteiger partial charge is 0.323 e. The van der Waals surface area contributed by atoms with Gasteiger partial charge in [0.05, 0.1) is 11.0 Å². The van der Waals surface area contributed by atoms with Gasteiger partial charge in [0.2, 0.25) is 0 Å². The average molecular weight is 233 g/mol. The molecule has 0 fully saturated rings. The molecule has 0 saturated heterocycles. The maximum atomic E-state index is 11.2. The van der Waals surface area contributed by atoms with Gasteiger partial charge in [0, 0.05) is 6.04 Å². The molecule has 92 valence electrons. The van der Waals surface area contributed by atoms with Crippen molar-refractivity contribution in [3.05, 3.63) is 34.2 Å².